The number of rotatable bonds is 4. The monoisotopic (exact) mass is 390 g/mol. The highest BCUT2D eigenvalue weighted by Crippen LogP contribution is 2.42. The molecule has 148 valence electrons. The maximum Gasteiger partial charge on any atom is 0.253 e. The lowest BCUT2D eigenvalue weighted by Crippen LogP contribution is -2.41. The number of anilines is 1. The minimum Gasteiger partial charge on any atom is -0.481 e. The molecule has 1 atom stereocenters. The van der Waals surface area contributed by atoms with Crippen molar-refractivity contribution in [1.82, 2.24) is 14.8 Å². The first-order chi connectivity index (χ1) is 14.0. The van der Waals surface area contributed by atoms with Crippen molar-refractivity contribution in [3.05, 3.63) is 53.9 Å². The van der Waals surface area contributed by atoms with Gasteiger partial charge in [0.1, 0.15) is 5.60 Å². The van der Waals surface area contributed by atoms with Gasteiger partial charge in [-0.15, -0.1) is 0 Å². The molecule has 1 N–H and O–H groups in total. The average Bonchev–Trinajstić information content (AvgIpc) is 3.19. The molecule has 0 saturated heterocycles. The smallest absolute Gasteiger partial charge is 0.253 e. The van der Waals surface area contributed by atoms with Gasteiger partial charge in [-0.25, -0.2) is 9.67 Å². The van der Waals surface area contributed by atoms with Gasteiger partial charge in [0.05, 0.1) is 19.0 Å². The SMILES string of the molecule is COc1cc(-c2ccc3c(c2NC(=O)C2n4nccc4OC2(C)C)CC3)ccn1. The predicted octanol–water partition coefficient (Wildman–Crippen LogP) is 3.40. The number of methoxy groups -OCH3 is 1. The van der Waals surface area contributed by atoms with Gasteiger partial charge in [0.15, 0.2) is 6.04 Å². The number of amides is 1. The van der Waals surface area contributed by atoms with Crippen LogP contribution in [0.4, 0.5) is 5.69 Å². The molecule has 0 bridgehead atoms. The van der Waals surface area contributed by atoms with E-state index in [1.54, 1.807) is 30.3 Å². The molecular weight excluding hydrogens is 368 g/mol. The Morgan fingerprint density at radius 3 is 2.86 bits per heavy atom. The van der Waals surface area contributed by atoms with Crippen LogP contribution in [0.15, 0.2) is 42.7 Å². The third kappa shape index (κ3) is 2.76. The summed E-state index contributed by atoms with van der Waals surface area (Å²) in [5.41, 5.74) is 4.52. The standard InChI is InChI=1S/C22H22N4O3/c1-22(2)20(26-18(29-22)9-11-24-26)21(27)25-19-15-6-4-13(15)5-7-16(19)14-8-10-23-17(12-14)28-3/h5,7-12,20H,4,6H2,1-3H3,(H,25,27). The maximum atomic E-state index is 13.4. The van der Waals surface area contributed by atoms with E-state index in [1.807, 2.05) is 26.0 Å². The Balaban J connectivity index is 1.55. The summed E-state index contributed by atoms with van der Waals surface area (Å²) in [5.74, 6) is 1.00. The Labute approximate surface area is 168 Å². The second-order valence-corrected chi connectivity index (χ2v) is 7.92. The molecule has 7 heteroatoms. The average molecular weight is 390 g/mol. The largest absolute Gasteiger partial charge is 0.481 e. The molecule has 1 unspecified atom stereocenters. The zero-order valence-electron chi connectivity index (χ0n) is 16.6. The number of benzene rings is 1. The molecule has 1 amide bonds. The van der Waals surface area contributed by atoms with E-state index in [-0.39, 0.29) is 5.91 Å². The van der Waals surface area contributed by atoms with Crippen molar-refractivity contribution in [2.75, 3.05) is 12.4 Å². The number of hydrogen-bond acceptors (Lipinski definition) is 5. The van der Waals surface area contributed by atoms with E-state index >= 15 is 0 Å². The van der Waals surface area contributed by atoms with E-state index < -0.39 is 11.6 Å². The Morgan fingerprint density at radius 2 is 2.10 bits per heavy atom. The second-order valence-electron chi connectivity index (χ2n) is 7.92. The number of aryl methyl sites for hydroxylation is 1. The molecule has 29 heavy (non-hydrogen) atoms. The van der Waals surface area contributed by atoms with Crippen LogP contribution in [0.1, 0.15) is 31.0 Å². The van der Waals surface area contributed by atoms with Gasteiger partial charge < -0.3 is 14.8 Å². The highest BCUT2D eigenvalue weighted by atomic mass is 16.5. The predicted molar refractivity (Wildman–Crippen MR) is 108 cm³/mol. The van der Waals surface area contributed by atoms with E-state index in [9.17, 15) is 4.79 Å². The third-order valence-corrected chi connectivity index (χ3v) is 5.71. The molecule has 0 fully saturated rings. The topological polar surface area (TPSA) is 78.3 Å². The molecule has 5 rings (SSSR count). The summed E-state index contributed by atoms with van der Waals surface area (Å²) in [4.78, 5) is 17.6. The zero-order chi connectivity index (χ0) is 20.2. The van der Waals surface area contributed by atoms with Crippen molar-refractivity contribution in [3.8, 4) is 22.9 Å². The van der Waals surface area contributed by atoms with Crippen LogP contribution in [0.2, 0.25) is 0 Å². The van der Waals surface area contributed by atoms with E-state index in [0.717, 1.165) is 29.7 Å². The molecule has 0 radical (unpaired) electrons. The maximum absolute atomic E-state index is 13.4. The lowest BCUT2D eigenvalue weighted by molar-refractivity contribution is -0.122. The van der Waals surface area contributed by atoms with Crippen LogP contribution in [-0.2, 0) is 17.6 Å². The molecule has 0 spiro atoms. The number of aromatic nitrogens is 3. The van der Waals surface area contributed by atoms with Crippen LogP contribution in [0.25, 0.3) is 11.1 Å². The number of nitrogens with one attached hydrogen (secondary N) is 1. The zero-order valence-corrected chi connectivity index (χ0v) is 16.6. The first-order valence-corrected chi connectivity index (χ1v) is 9.66. The van der Waals surface area contributed by atoms with Crippen LogP contribution in [0, 0.1) is 0 Å². The number of fused-ring (bicyclic) bond motifs is 2. The van der Waals surface area contributed by atoms with Crippen LogP contribution >= 0.6 is 0 Å². The van der Waals surface area contributed by atoms with E-state index in [1.165, 1.54) is 11.1 Å². The van der Waals surface area contributed by atoms with Crippen LogP contribution in [-0.4, -0.2) is 33.4 Å². The van der Waals surface area contributed by atoms with Gasteiger partial charge in [0, 0.05) is 23.9 Å². The fourth-order valence-electron chi connectivity index (χ4n) is 4.18. The first kappa shape index (κ1) is 17.7. The van der Waals surface area contributed by atoms with Crippen molar-refractivity contribution in [2.24, 2.45) is 0 Å². The van der Waals surface area contributed by atoms with Crippen LogP contribution < -0.4 is 14.8 Å². The van der Waals surface area contributed by atoms with Gasteiger partial charge in [-0.05, 0) is 49.4 Å². The van der Waals surface area contributed by atoms with Gasteiger partial charge in [0.25, 0.3) is 5.91 Å². The van der Waals surface area contributed by atoms with Crippen molar-refractivity contribution in [1.29, 1.82) is 0 Å². The van der Waals surface area contributed by atoms with E-state index in [4.69, 9.17) is 9.47 Å². The lowest BCUT2D eigenvalue weighted by atomic mass is 9.83. The fourth-order valence-corrected chi connectivity index (χ4v) is 4.18. The van der Waals surface area contributed by atoms with Crippen molar-refractivity contribution >= 4 is 11.6 Å². The first-order valence-electron chi connectivity index (χ1n) is 9.66. The number of ether oxygens (including phenoxy) is 2. The quantitative estimate of drug-likeness (QED) is 0.739. The van der Waals surface area contributed by atoms with Gasteiger partial charge in [0.2, 0.25) is 11.8 Å². The number of hydrogen-bond donors (Lipinski definition) is 1. The summed E-state index contributed by atoms with van der Waals surface area (Å²) >= 11 is 0. The minimum atomic E-state index is -0.685. The molecular formula is C22H22N4O3. The molecule has 0 saturated carbocycles. The summed E-state index contributed by atoms with van der Waals surface area (Å²) in [5, 5.41) is 7.49. The number of carbonyl (C=O) groups is 1. The Morgan fingerprint density at radius 1 is 1.24 bits per heavy atom. The minimum absolute atomic E-state index is 0.139. The molecule has 1 aliphatic heterocycles. The Hall–Kier alpha value is -3.35. The van der Waals surface area contributed by atoms with Gasteiger partial charge in [-0.1, -0.05) is 12.1 Å². The van der Waals surface area contributed by atoms with E-state index in [2.05, 4.69) is 27.5 Å². The second kappa shape index (κ2) is 6.34. The number of nitrogens with zero attached hydrogens (tertiary/aromatic N) is 3. The lowest BCUT2D eigenvalue weighted by Gasteiger charge is -2.28. The van der Waals surface area contributed by atoms with Gasteiger partial charge in [-0.3, -0.25) is 4.79 Å². The molecule has 7 nitrogen and oxygen atoms in total. The summed E-state index contributed by atoms with van der Waals surface area (Å²) < 4.78 is 12.9. The summed E-state index contributed by atoms with van der Waals surface area (Å²) in [6.07, 6.45) is 5.33. The summed E-state index contributed by atoms with van der Waals surface area (Å²) in [6, 6.07) is 9.21. The molecule has 3 heterocycles. The van der Waals surface area contributed by atoms with Crippen molar-refractivity contribution in [2.45, 2.75) is 38.3 Å². The highest BCUT2D eigenvalue weighted by Gasteiger charge is 2.46. The van der Waals surface area contributed by atoms with Crippen LogP contribution in [0.5, 0.6) is 11.8 Å². The van der Waals surface area contributed by atoms with Crippen molar-refractivity contribution < 1.29 is 14.3 Å². The van der Waals surface area contributed by atoms with E-state index in [0.29, 0.717) is 11.8 Å². The number of carbonyl (C=O) groups excluding carboxylic acids is 1. The van der Waals surface area contributed by atoms with Gasteiger partial charge in [-0.2, -0.15) is 5.10 Å². The van der Waals surface area contributed by atoms with Crippen molar-refractivity contribution in [3.63, 3.8) is 0 Å². The summed E-state index contributed by atoms with van der Waals surface area (Å²) in [7, 11) is 1.59. The molecule has 1 aliphatic carbocycles. The molecule has 2 aromatic heterocycles. The Kier molecular flexibility index (Phi) is 3.87. The normalized spacial score (nSPS) is 18.2. The number of pyridine rings is 1. The van der Waals surface area contributed by atoms with Gasteiger partial charge >= 0.3 is 0 Å². The molecule has 1 aromatic carbocycles. The molecule has 3 aromatic rings. The highest BCUT2D eigenvalue weighted by molar-refractivity contribution is 6.00. The summed E-state index contributed by atoms with van der Waals surface area (Å²) in [6.45, 7) is 3.81. The third-order valence-electron chi connectivity index (χ3n) is 5.71. The van der Waals surface area contributed by atoms with Crippen LogP contribution in [0.3, 0.4) is 0 Å². The Bertz CT molecular complexity index is 1120. The molecule has 2 aliphatic rings. The fraction of sp³-hybridized carbons (Fsp3) is 0.318.